The first-order valence-electron chi connectivity index (χ1n) is 9.06. The van der Waals surface area contributed by atoms with Gasteiger partial charge in [0.05, 0.1) is 0 Å². The lowest BCUT2D eigenvalue weighted by Crippen LogP contribution is -2.39. The van der Waals surface area contributed by atoms with E-state index in [4.69, 9.17) is 4.74 Å². The number of ether oxygens (including phenoxy) is 1. The Kier molecular flexibility index (Phi) is 4.37. The van der Waals surface area contributed by atoms with Crippen LogP contribution in [0.2, 0.25) is 0 Å². The second-order valence-electron chi connectivity index (χ2n) is 6.88. The highest BCUT2D eigenvalue weighted by Crippen LogP contribution is 2.32. The smallest absolute Gasteiger partial charge is 0.265 e. The molecule has 2 amide bonds. The highest BCUT2D eigenvalue weighted by atomic mass is 16.5. The molecule has 0 bridgehead atoms. The van der Waals surface area contributed by atoms with Gasteiger partial charge < -0.3 is 14.5 Å². The van der Waals surface area contributed by atoms with E-state index in [1.165, 1.54) is 5.56 Å². The molecule has 0 saturated carbocycles. The van der Waals surface area contributed by atoms with Crippen molar-refractivity contribution in [1.82, 2.24) is 0 Å². The molecule has 2 aromatic rings. The zero-order valence-corrected chi connectivity index (χ0v) is 14.9. The summed E-state index contributed by atoms with van der Waals surface area (Å²) in [5, 5.41) is 0. The maximum atomic E-state index is 12.7. The highest BCUT2D eigenvalue weighted by molar-refractivity contribution is 5.97. The van der Waals surface area contributed by atoms with Crippen LogP contribution in [0.4, 0.5) is 11.4 Å². The fraction of sp³-hybridized carbons (Fsp3) is 0.333. The number of nitrogens with zero attached hydrogens (tertiary/aromatic N) is 2. The summed E-state index contributed by atoms with van der Waals surface area (Å²) >= 11 is 0. The third-order valence-electron chi connectivity index (χ3n) is 5.06. The number of hydrogen-bond donors (Lipinski definition) is 0. The molecule has 5 nitrogen and oxygen atoms in total. The summed E-state index contributed by atoms with van der Waals surface area (Å²) in [6, 6.07) is 15.5. The molecule has 5 heteroatoms. The molecular formula is C21H22N2O3. The van der Waals surface area contributed by atoms with Crippen molar-refractivity contribution in [3.05, 3.63) is 54.1 Å². The second kappa shape index (κ2) is 6.83. The molecule has 2 heterocycles. The molecule has 26 heavy (non-hydrogen) atoms. The summed E-state index contributed by atoms with van der Waals surface area (Å²) in [6.45, 7) is 2.82. The summed E-state index contributed by atoms with van der Waals surface area (Å²) < 4.78 is 5.69. The average Bonchev–Trinajstić information content (AvgIpc) is 3.22. The van der Waals surface area contributed by atoms with Gasteiger partial charge in [0.1, 0.15) is 5.75 Å². The Morgan fingerprint density at radius 1 is 1.15 bits per heavy atom. The van der Waals surface area contributed by atoms with E-state index in [0.29, 0.717) is 12.2 Å². The highest BCUT2D eigenvalue weighted by Gasteiger charge is 2.30. The van der Waals surface area contributed by atoms with Crippen LogP contribution in [0.25, 0.3) is 0 Å². The summed E-state index contributed by atoms with van der Waals surface area (Å²) in [5.41, 5.74) is 3.07. The Morgan fingerprint density at radius 3 is 2.65 bits per heavy atom. The number of para-hydroxylation sites is 1. The molecule has 0 radical (unpaired) electrons. The lowest BCUT2D eigenvalue weighted by atomic mass is 10.1. The van der Waals surface area contributed by atoms with Crippen LogP contribution in [0.3, 0.4) is 0 Å². The zero-order chi connectivity index (χ0) is 18.1. The third-order valence-corrected chi connectivity index (χ3v) is 5.06. The van der Waals surface area contributed by atoms with E-state index in [1.807, 2.05) is 47.4 Å². The first kappa shape index (κ1) is 16.6. The molecule has 2 aromatic carbocycles. The minimum atomic E-state index is -0.0405. The summed E-state index contributed by atoms with van der Waals surface area (Å²) in [7, 11) is 0. The fourth-order valence-corrected chi connectivity index (χ4v) is 3.80. The predicted molar refractivity (Wildman–Crippen MR) is 101 cm³/mol. The van der Waals surface area contributed by atoms with Crippen LogP contribution in [-0.2, 0) is 16.0 Å². The van der Waals surface area contributed by atoms with E-state index in [2.05, 4.69) is 13.0 Å². The largest absolute Gasteiger partial charge is 0.484 e. The molecule has 2 aliphatic heterocycles. The van der Waals surface area contributed by atoms with Crippen molar-refractivity contribution in [2.24, 2.45) is 0 Å². The quantitative estimate of drug-likeness (QED) is 0.851. The van der Waals surface area contributed by atoms with E-state index in [-0.39, 0.29) is 24.5 Å². The van der Waals surface area contributed by atoms with E-state index in [0.717, 1.165) is 30.8 Å². The number of carbonyl (C=O) groups excluding carboxylic acids is 2. The van der Waals surface area contributed by atoms with Crippen molar-refractivity contribution < 1.29 is 14.3 Å². The van der Waals surface area contributed by atoms with Gasteiger partial charge in [-0.3, -0.25) is 9.59 Å². The van der Waals surface area contributed by atoms with E-state index in [1.54, 1.807) is 4.90 Å². The fourth-order valence-electron chi connectivity index (χ4n) is 3.80. The minimum Gasteiger partial charge on any atom is -0.484 e. The van der Waals surface area contributed by atoms with E-state index < -0.39 is 0 Å². The SMILES string of the molecule is CC1Cc2ccccc2N1C(=O)COc1ccc(N2CCCC2=O)cc1. The van der Waals surface area contributed by atoms with E-state index >= 15 is 0 Å². The number of hydrogen-bond acceptors (Lipinski definition) is 3. The van der Waals surface area contributed by atoms with Crippen LogP contribution in [0.15, 0.2) is 48.5 Å². The molecule has 1 unspecified atom stereocenters. The molecule has 0 aromatic heterocycles. The lowest BCUT2D eigenvalue weighted by Gasteiger charge is -2.23. The molecular weight excluding hydrogens is 328 g/mol. The summed E-state index contributed by atoms with van der Waals surface area (Å²) in [4.78, 5) is 28.1. The van der Waals surface area contributed by atoms with Crippen molar-refractivity contribution in [3.8, 4) is 5.75 Å². The van der Waals surface area contributed by atoms with Gasteiger partial charge in [-0.05, 0) is 55.7 Å². The van der Waals surface area contributed by atoms with Gasteiger partial charge in [0.15, 0.2) is 6.61 Å². The molecule has 1 atom stereocenters. The zero-order valence-electron chi connectivity index (χ0n) is 14.9. The second-order valence-corrected chi connectivity index (χ2v) is 6.88. The monoisotopic (exact) mass is 350 g/mol. The van der Waals surface area contributed by atoms with Gasteiger partial charge in [0.2, 0.25) is 5.91 Å². The van der Waals surface area contributed by atoms with Crippen molar-refractivity contribution in [2.75, 3.05) is 23.0 Å². The van der Waals surface area contributed by atoms with Crippen molar-refractivity contribution >= 4 is 23.2 Å². The van der Waals surface area contributed by atoms with Crippen LogP contribution in [0.1, 0.15) is 25.3 Å². The van der Waals surface area contributed by atoms with Crippen LogP contribution < -0.4 is 14.5 Å². The van der Waals surface area contributed by atoms with E-state index in [9.17, 15) is 9.59 Å². The van der Waals surface area contributed by atoms with Crippen molar-refractivity contribution in [2.45, 2.75) is 32.2 Å². The number of carbonyl (C=O) groups is 2. The Labute approximate surface area is 153 Å². The van der Waals surface area contributed by atoms with Crippen LogP contribution in [0, 0.1) is 0 Å². The summed E-state index contributed by atoms with van der Waals surface area (Å²) in [5.74, 6) is 0.755. The van der Waals surface area contributed by atoms with Gasteiger partial charge >= 0.3 is 0 Å². The molecule has 134 valence electrons. The first-order valence-corrected chi connectivity index (χ1v) is 9.06. The topological polar surface area (TPSA) is 49.9 Å². The van der Waals surface area contributed by atoms with Crippen molar-refractivity contribution in [3.63, 3.8) is 0 Å². The van der Waals surface area contributed by atoms with Gasteiger partial charge in [-0.25, -0.2) is 0 Å². The number of rotatable bonds is 4. The maximum absolute atomic E-state index is 12.7. The Morgan fingerprint density at radius 2 is 1.92 bits per heavy atom. The first-order chi connectivity index (χ1) is 12.6. The Balaban J connectivity index is 1.40. The van der Waals surface area contributed by atoms with Crippen LogP contribution in [0.5, 0.6) is 5.75 Å². The van der Waals surface area contributed by atoms with Crippen LogP contribution >= 0.6 is 0 Å². The molecule has 1 fully saturated rings. The molecule has 4 rings (SSSR count). The van der Waals surface area contributed by atoms with Gasteiger partial charge in [0, 0.05) is 30.4 Å². The van der Waals surface area contributed by atoms with Gasteiger partial charge in [-0.1, -0.05) is 18.2 Å². The minimum absolute atomic E-state index is 0.000661. The van der Waals surface area contributed by atoms with Crippen molar-refractivity contribution in [1.29, 1.82) is 0 Å². The van der Waals surface area contributed by atoms with Gasteiger partial charge in [-0.15, -0.1) is 0 Å². The Hall–Kier alpha value is -2.82. The molecule has 0 N–H and O–H groups in total. The number of amides is 2. The number of benzene rings is 2. The normalized spacial score (nSPS) is 19.0. The standard InChI is InChI=1S/C21H22N2O3/c1-15-13-16-5-2-3-6-19(16)23(15)21(25)14-26-18-10-8-17(9-11-18)22-12-4-7-20(22)24/h2-3,5-6,8-11,15H,4,7,12-14H2,1H3. The van der Waals surface area contributed by atoms with Gasteiger partial charge in [0.25, 0.3) is 5.91 Å². The molecule has 0 spiro atoms. The number of fused-ring (bicyclic) bond motifs is 1. The average molecular weight is 350 g/mol. The molecule has 0 aliphatic carbocycles. The van der Waals surface area contributed by atoms with Gasteiger partial charge in [-0.2, -0.15) is 0 Å². The number of anilines is 2. The molecule has 2 aliphatic rings. The predicted octanol–water partition coefficient (Wildman–Crippen LogP) is 3.17. The lowest BCUT2D eigenvalue weighted by molar-refractivity contribution is -0.121. The van der Waals surface area contributed by atoms with Crippen LogP contribution in [-0.4, -0.2) is 31.0 Å². The third kappa shape index (κ3) is 3.05. The maximum Gasteiger partial charge on any atom is 0.265 e. The summed E-state index contributed by atoms with van der Waals surface area (Å²) in [6.07, 6.45) is 2.39. The molecule has 1 saturated heterocycles. The Bertz CT molecular complexity index is 831.